The standard InChI is InChI=1S/C24H22N2O5S/c1-29-20-7-5-6-17(13-20)8-9-18-12-19(16-25-15-18)24(27)26-32(4,28)21-10-11-22(30-2)23(14-21)31-3/h5-7,10-16H,1-4H3. The van der Waals surface area contributed by atoms with Crippen molar-refractivity contribution in [2.45, 2.75) is 4.90 Å². The van der Waals surface area contributed by atoms with E-state index in [1.54, 1.807) is 43.6 Å². The molecule has 1 aromatic heterocycles. The minimum absolute atomic E-state index is 0.192. The first-order chi connectivity index (χ1) is 15.4. The number of pyridine rings is 1. The normalized spacial score (nSPS) is 12.0. The highest BCUT2D eigenvalue weighted by Gasteiger charge is 2.15. The zero-order valence-electron chi connectivity index (χ0n) is 18.1. The molecule has 0 saturated carbocycles. The van der Waals surface area contributed by atoms with Crippen LogP contribution in [-0.4, -0.2) is 42.7 Å². The van der Waals surface area contributed by atoms with E-state index >= 15 is 0 Å². The Hall–Kier alpha value is -3.83. The van der Waals surface area contributed by atoms with E-state index in [4.69, 9.17) is 14.2 Å². The van der Waals surface area contributed by atoms with Crippen LogP contribution in [0.1, 0.15) is 21.5 Å². The minimum Gasteiger partial charge on any atom is -0.497 e. The number of carbonyl (C=O) groups is 1. The smallest absolute Gasteiger partial charge is 0.286 e. The molecule has 0 radical (unpaired) electrons. The number of hydrogen-bond donors (Lipinski definition) is 0. The second kappa shape index (κ2) is 9.98. The van der Waals surface area contributed by atoms with Crippen LogP contribution in [0, 0.1) is 11.8 Å². The van der Waals surface area contributed by atoms with Gasteiger partial charge in [-0.2, -0.15) is 4.36 Å². The Kier molecular flexibility index (Phi) is 7.13. The van der Waals surface area contributed by atoms with Crippen LogP contribution in [0.25, 0.3) is 0 Å². The second-order valence-electron chi connectivity index (χ2n) is 6.66. The number of carbonyl (C=O) groups excluding carboxylic acids is 1. The predicted molar refractivity (Wildman–Crippen MR) is 122 cm³/mol. The number of ether oxygens (including phenoxy) is 3. The van der Waals surface area contributed by atoms with E-state index in [2.05, 4.69) is 21.2 Å². The lowest BCUT2D eigenvalue weighted by Crippen LogP contribution is -2.05. The third-order valence-electron chi connectivity index (χ3n) is 4.46. The summed E-state index contributed by atoms with van der Waals surface area (Å²) in [6.45, 7) is 0. The summed E-state index contributed by atoms with van der Waals surface area (Å²) in [5.41, 5.74) is 1.48. The Balaban J connectivity index is 1.89. The fourth-order valence-corrected chi connectivity index (χ4v) is 3.96. The molecule has 32 heavy (non-hydrogen) atoms. The summed E-state index contributed by atoms with van der Waals surface area (Å²) < 4.78 is 32.7. The molecule has 0 N–H and O–H groups in total. The van der Waals surface area contributed by atoms with Crippen molar-refractivity contribution >= 4 is 15.6 Å². The first kappa shape index (κ1) is 22.8. The first-order valence-electron chi connectivity index (χ1n) is 9.46. The van der Waals surface area contributed by atoms with Gasteiger partial charge in [-0.3, -0.25) is 9.78 Å². The van der Waals surface area contributed by atoms with E-state index < -0.39 is 15.6 Å². The summed E-state index contributed by atoms with van der Waals surface area (Å²) in [5.74, 6) is 6.91. The SMILES string of the molecule is COc1cccc(C#Cc2cncc(C(=O)N=S(C)(=O)c3ccc(OC)c(OC)c3)c2)c1. The molecule has 1 atom stereocenters. The molecule has 7 nitrogen and oxygen atoms in total. The number of nitrogens with zero attached hydrogens (tertiary/aromatic N) is 2. The monoisotopic (exact) mass is 450 g/mol. The zero-order valence-corrected chi connectivity index (χ0v) is 18.9. The molecule has 0 aliphatic heterocycles. The predicted octanol–water partition coefficient (Wildman–Crippen LogP) is 3.80. The number of amides is 1. The summed E-state index contributed by atoms with van der Waals surface area (Å²) in [7, 11) is 1.54. The highest BCUT2D eigenvalue weighted by Crippen LogP contribution is 2.30. The van der Waals surface area contributed by atoms with E-state index in [1.165, 1.54) is 26.7 Å². The average Bonchev–Trinajstić information content (AvgIpc) is 2.82. The summed E-state index contributed by atoms with van der Waals surface area (Å²) in [6, 6.07) is 13.6. The van der Waals surface area contributed by atoms with E-state index in [1.807, 2.05) is 18.2 Å². The number of benzene rings is 2. The molecule has 2 aromatic carbocycles. The molecule has 0 spiro atoms. The van der Waals surface area contributed by atoms with E-state index in [0.29, 0.717) is 27.7 Å². The van der Waals surface area contributed by atoms with Gasteiger partial charge in [-0.25, -0.2) is 4.21 Å². The van der Waals surface area contributed by atoms with Crippen LogP contribution in [0.3, 0.4) is 0 Å². The van der Waals surface area contributed by atoms with Gasteiger partial charge >= 0.3 is 0 Å². The number of aromatic nitrogens is 1. The lowest BCUT2D eigenvalue weighted by atomic mass is 10.1. The Bertz CT molecular complexity index is 1330. The van der Waals surface area contributed by atoms with Crippen molar-refractivity contribution in [2.75, 3.05) is 27.6 Å². The van der Waals surface area contributed by atoms with Gasteiger partial charge in [0.15, 0.2) is 11.5 Å². The van der Waals surface area contributed by atoms with Crippen molar-refractivity contribution in [2.24, 2.45) is 4.36 Å². The van der Waals surface area contributed by atoms with E-state index in [0.717, 1.165) is 5.56 Å². The molecule has 1 heterocycles. The van der Waals surface area contributed by atoms with Gasteiger partial charge in [0.2, 0.25) is 0 Å². The van der Waals surface area contributed by atoms with Gasteiger partial charge < -0.3 is 14.2 Å². The second-order valence-corrected chi connectivity index (χ2v) is 8.92. The lowest BCUT2D eigenvalue weighted by Gasteiger charge is -2.10. The molecule has 1 amide bonds. The van der Waals surface area contributed by atoms with Gasteiger partial charge in [-0.05, 0) is 36.4 Å². The van der Waals surface area contributed by atoms with Gasteiger partial charge in [0.25, 0.3) is 5.91 Å². The molecule has 164 valence electrons. The molecule has 8 heteroatoms. The maximum absolute atomic E-state index is 13.2. The molecule has 0 fully saturated rings. The Morgan fingerprint density at radius 1 is 0.906 bits per heavy atom. The highest BCUT2D eigenvalue weighted by atomic mass is 32.2. The van der Waals surface area contributed by atoms with Crippen molar-refractivity contribution in [3.8, 4) is 29.1 Å². The molecule has 0 saturated heterocycles. The van der Waals surface area contributed by atoms with Crippen LogP contribution in [0.15, 0.2) is 70.2 Å². The average molecular weight is 451 g/mol. The van der Waals surface area contributed by atoms with Crippen LogP contribution in [-0.2, 0) is 9.73 Å². The summed E-state index contributed by atoms with van der Waals surface area (Å²) >= 11 is 0. The molecule has 1 unspecified atom stereocenters. The third-order valence-corrected chi connectivity index (χ3v) is 6.10. The van der Waals surface area contributed by atoms with Crippen LogP contribution in [0.4, 0.5) is 0 Å². The molecular formula is C24H22N2O5S. The van der Waals surface area contributed by atoms with Crippen LogP contribution < -0.4 is 14.2 Å². The van der Waals surface area contributed by atoms with Gasteiger partial charge in [-0.1, -0.05) is 17.9 Å². The molecule has 0 aliphatic rings. The maximum atomic E-state index is 13.2. The molecular weight excluding hydrogens is 428 g/mol. The Morgan fingerprint density at radius 3 is 2.38 bits per heavy atom. The molecule has 3 rings (SSSR count). The molecule has 3 aromatic rings. The maximum Gasteiger partial charge on any atom is 0.286 e. The fourth-order valence-electron chi connectivity index (χ4n) is 2.79. The van der Waals surface area contributed by atoms with Crippen molar-refractivity contribution in [1.29, 1.82) is 0 Å². The Morgan fingerprint density at radius 2 is 1.66 bits per heavy atom. The Labute approximate surface area is 187 Å². The lowest BCUT2D eigenvalue weighted by molar-refractivity contribution is 0.100. The largest absolute Gasteiger partial charge is 0.497 e. The third kappa shape index (κ3) is 5.45. The van der Waals surface area contributed by atoms with Crippen molar-refractivity contribution in [3.63, 3.8) is 0 Å². The minimum atomic E-state index is -3.03. The van der Waals surface area contributed by atoms with Gasteiger partial charge in [0.1, 0.15) is 5.75 Å². The first-order valence-corrected chi connectivity index (χ1v) is 11.4. The number of rotatable bonds is 5. The van der Waals surface area contributed by atoms with Gasteiger partial charge in [0.05, 0.1) is 41.5 Å². The van der Waals surface area contributed by atoms with Crippen molar-refractivity contribution in [3.05, 3.63) is 77.6 Å². The van der Waals surface area contributed by atoms with Crippen molar-refractivity contribution in [1.82, 2.24) is 4.98 Å². The van der Waals surface area contributed by atoms with Gasteiger partial charge in [0, 0.05) is 35.8 Å². The van der Waals surface area contributed by atoms with E-state index in [9.17, 15) is 9.00 Å². The fraction of sp³-hybridized carbons (Fsp3) is 0.167. The summed E-state index contributed by atoms with van der Waals surface area (Å²) in [5, 5.41) is 0. The van der Waals surface area contributed by atoms with Crippen molar-refractivity contribution < 1.29 is 23.2 Å². The zero-order chi connectivity index (χ0) is 23.1. The summed E-state index contributed by atoms with van der Waals surface area (Å²) in [6.07, 6.45) is 4.31. The highest BCUT2D eigenvalue weighted by molar-refractivity contribution is 7.93. The topological polar surface area (TPSA) is 87.1 Å². The van der Waals surface area contributed by atoms with Crippen LogP contribution in [0.2, 0.25) is 0 Å². The number of methoxy groups -OCH3 is 3. The quantitative estimate of drug-likeness (QED) is 0.550. The summed E-state index contributed by atoms with van der Waals surface area (Å²) in [4.78, 5) is 17.1. The molecule has 0 aliphatic carbocycles. The van der Waals surface area contributed by atoms with Gasteiger partial charge in [-0.15, -0.1) is 0 Å². The van der Waals surface area contributed by atoms with Crippen LogP contribution in [0.5, 0.6) is 17.2 Å². The number of hydrogen-bond acceptors (Lipinski definition) is 6. The van der Waals surface area contributed by atoms with Crippen LogP contribution >= 0.6 is 0 Å². The molecule has 0 bridgehead atoms. The van der Waals surface area contributed by atoms with E-state index in [-0.39, 0.29) is 5.56 Å².